The second-order valence-corrected chi connectivity index (χ2v) is 9.99. The second-order valence-electron chi connectivity index (χ2n) is 9.99. The topological polar surface area (TPSA) is 48.4 Å². The SMILES string of the molecule is CN=C(/C=C(/C)C(C)C)N1CCN(CCN2CCOCC2)CC1.Cc1ccc2c(c1)CCC2=O. The van der Waals surface area contributed by atoms with Crippen molar-refractivity contribution in [2.45, 2.75) is 40.5 Å². The van der Waals surface area contributed by atoms with Gasteiger partial charge in [0.1, 0.15) is 5.84 Å². The van der Waals surface area contributed by atoms with Crippen molar-refractivity contribution in [1.82, 2.24) is 14.7 Å². The summed E-state index contributed by atoms with van der Waals surface area (Å²) in [5, 5.41) is 0. The molecule has 0 N–H and O–H groups in total. The smallest absolute Gasteiger partial charge is 0.163 e. The van der Waals surface area contributed by atoms with E-state index in [9.17, 15) is 4.79 Å². The van der Waals surface area contributed by atoms with E-state index in [0.29, 0.717) is 18.1 Å². The van der Waals surface area contributed by atoms with Crippen LogP contribution in [-0.4, -0.2) is 98.9 Å². The number of amidine groups is 1. The summed E-state index contributed by atoms with van der Waals surface area (Å²) in [5.41, 5.74) is 4.82. The lowest BCUT2D eigenvalue weighted by Gasteiger charge is -2.37. The Kier molecular flexibility index (Phi) is 10.3. The van der Waals surface area contributed by atoms with E-state index in [0.717, 1.165) is 70.3 Å². The van der Waals surface area contributed by atoms with Crippen LogP contribution in [0, 0.1) is 12.8 Å². The van der Waals surface area contributed by atoms with E-state index in [1.807, 2.05) is 19.2 Å². The van der Waals surface area contributed by atoms with Gasteiger partial charge in [-0.15, -0.1) is 0 Å². The molecule has 3 aliphatic rings. The van der Waals surface area contributed by atoms with Crippen LogP contribution in [0.2, 0.25) is 0 Å². The van der Waals surface area contributed by atoms with Gasteiger partial charge in [-0.3, -0.25) is 19.6 Å². The highest BCUT2D eigenvalue weighted by molar-refractivity contribution is 6.00. The summed E-state index contributed by atoms with van der Waals surface area (Å²) < 4.78 is 5.41. The number of aliphatic imine (C=N–C) groups is 1. The van der Waals surface area contributed by atoms with Gasteiger partial charge in [0.15, 0.2) is 5.78 Å². The van der Waals surface area contributed by atoms with E-state index in [2.05, 4.69) is 59.5 Å². The van der Waals surface area contributed by atoms with Crippen molar-refractivity contribution in [2.24, 2.45) is 10.9 Å². The lowest BCUT2D eigenvalue weighted by Crippen LogP contribution is -2.50. The molecule has 34 heavy (non-hydrogen) atoms. The number of hydrogen-bond acceptors (Lipinski definition) is 5. The summed E-state index contributed by atoms with van der Waals surface area (Å²) in [4.78, 5) is 23.2. The average molecular weight is 469 g/mol. The Morgan fingerprint density at radius 1 is 1.03 bits per heavy atom. The molecule has 2 fully saturated rings. The summed E-state index contributed by atoms with van der Waals surface area (Å²) in [5.74, 6) is 2.03. The van der Waals surface area contributed by atoms with Gasteiger partial charge in [-0.2, -0.15) is 0 Å². The number of benzene rings is 1. The van der Waals surface area contributed by atoms with Crippen LogP contribution in [0.1, 0.15) is 48.7 Å². The Balaban J connectivity index is 0.000000243. The molecule has 2 saturated heterocycles. The number of fused-ring (bicyclic) bond motifs is 1. The van der Waals surface area contributed by atoms with E-state index in [4.69, 9.17) is 4.74 Å². The van der Waals surface area contributed by atoms with E-state index in [1.54, 1.807) is 0 Å². The summed E-state index contributed by atoms with van der Waals surface area (Å²) in [6.45, 7) is 19.5. The molecule has 0 saturated carbocycles. The molecular formula is C28H44N4O2. The number of Topliss-reactive ketones (excluding diaryl/α,β-unsaturated/α-hetero) is 1. The zero-order valence-electron chi connectivity index (χ0n) is 22.0. The summed E-state index contributed by atoms with van der Waals surface area (Å²) in [7, 11) is 1.91. The maximum absolute atomic E-state index is 11.2. The molecule has 0 radical (unpaired) electrons. The standard InChI is InChI=1S/C18H34N4O.C10H10O/c1-16(2)17(3)15-18(19-4)22-9-7-20(8-10-22)5-6-21-11-13-23-14-12-21;1-7-2-4-9-8(6-7)3-5-10(9)11/h15-16H,5-14H2,1-4H3;2,4,6H,3,5H2,1H3/b17-15-,19-18?;. The van der Waals surface area contributed by atoms with Crippen molar-refractivity contribution in [1.29, 1.82) is 0 Å². The number of hydrogen-bond donors (Lipinski definition) is 0. The molecule has 188 valence electrons. The Morgan fingerprint density at radius 3 is 2.29 bits per heavy atom. The minimum Gasteiger partial charge on any atom is -0.379 e. The molecule has 1 aliphatic carbocycles. The predicted molar refractivity (Wildman–Crippen MR) is 141 cm³/mol. The zero-order valence-corrected chi connectivity index (χ0v) is 22.0. The third-order valence-electron chi connectivity index (χ3n) is 7.21. The van der Waals surface area contributed by atoms with Crippen molar-refractivity contribution >= 4 is 11.6 Å². The third kappa shape index (κ3) is 7.76. The molecule has 0 unspecified atom stereocenters. The van der Waals surface area contributed by atoms with Crippen molar-refractivity contribution in [3.8, 4) is 0 Å². The minimum atomic E-state index is 0.306. The molecule has 2 aliphatic heterocycles. The van der Waals surface area contributed by atoms with Gasteiger partial charge < -0.3 is 9.64 Å². The fraction of sp³-hybridized carbons (Fsp3) is 0.643. The molecule has 6 heteroatoms. The first-order valence-corrected chi connectivity index (χ1v) is 12.9. The predicted octanol–water partition coefficient (Wildman–Crippen LogP) is 3.69. The molecule has 2 heterocycles. The number of nitrogens with zero attached hydrogens (tertiary/aromatic N) is 4. The molecule has 0 amide bonds. The number of aryl methyl sites for hydroxylation is 2. The monoisotopic (exact) mass is 468 g/mol. The highest BCUT2D eigenvalue weighted by atomic mass is 16.5. The number of carbonyl (C=O) groups excluding carboxylic acids is 1. The number of ketones is 1. The van der Waals surface area contributed by atoms with E-state index < -0.39 is 0 Å². The largest absolute Gasteiger partial charge is 0.379 e. The molecule has 1 aromatic rings. The Bertz CT molecular complexity index is 863. The number of carbonyl (C=O) groups is 1. The van der Waals surface area contributed by atoms with Gasteiger partial charge in [0.25, 0.3) is 0 Å². The van der Waals surface area contributed by atoms with Crippen LogP contribution < -0.4 is 0 Å². The number of rotatable bonds is 5. The molecule has 0 bridgehead atoms. The molecule has 6 nitrogen and oxygen atoms in total. The van der Waals surface area contributed by atoms with Crippen LogP contribution in [0.3, 0.4) is 0 Å². The maximum Gasteiger partial charge on any atom is 0.163 e. The van der Waals surface area contributed by atoms with E-state index >= 15 is 0 Å². The van der Waals surface area contributed by atoms with E-state index in [1.165, 1.54) is 29.8 Å². The fourth-order valence-electron chi connectivity index (χ4n) is 4.56. The van der Waals surface area contributed by atoms with Gasteiger partial charge >= 0.3 is 0 Å². The zero-order chi connectivity index (χ0) is 24.5. The number of morpholine rings is 1. The first-order chi connectivity index (χ1) is 16.4. The van der Waals surface area contributed by atoms with Crippen LogP contribution >= 0.6 is 0 Å². The van der Waals surface area contributed by atoms with Gasteiger partial charge in [-0.1, -0.05) is 43.2 Å². The third-order valence-corrected chi connectivity index (χ3v) is 7.21. The first kappa shape index (κ1) is 26.6. The van der Waals surface area contributed by atoms with Gasteiger partial charge in [-0.25, -0.2) is 0 Å². The highest BCUT2D eigenvalue weighted by Gasteiger charge is 2.20. The quantitative estimate of drug-likeness (QED) is 0.487. The molecular weight excluding hydrogens is 424 g/mol. The molecule has 4 rings (SSSR count). The lowest BCUT2D eigenvalue weighted by atomic mass is 10.0. The summed E-state index contributed by atoms with van der Waals surface area (Å²) in [6, 6.07) is 6.06. The number of piperazine rings is 1. The fourth-order valence-corrected chi connectivity index (χ4v) is 4.56. The highest BCUT2D eigenvalue weighted by Crippen LogP contribution is 2.22. The number of allylic oxidation sites excluding steroid dienone is 1. The second kappa shape index (κ2) is 13.2. The molecule has 1 aromatic carbocycles. The van der Waals surface area contributed by atoms with Crippen LogP contribution in [0.15, 0.2) is 34.8 Å². The van der Waals surface area contributed by atoms with Crippen molar-refractivity contribution in [2.75, 3.05) is 72.6 Å². The average Bonchev–Trinajstić information content (AvgIpc) is 3.22. The van der Waals surface area contributed by atoms with Crippen LogP contribution in [0.4, 0.5) is 0 Å². The van der Waals surface area contributed by atoms with Gasteiger partial charge in [0.2, 0.25) is 0 Å². The molecule has 0 aromatic heterocycles. The Hall–Kier alpha value is -2.02. The van der Waals surface area contributed by atoms with Crippen molar-refractivity contribution in [3.05, 3.63) is 46.5 Å². The van der Waals surface area contributed by atoms with E-state index in [-0.39, 0.29) is 0 Å². The van der Waals surface area contributed by atoms with Crippen LogP contribution in [0.5, 0.6) is 0 Å². The number of ether oxygens (including phenoxy) is 1. The molecule has 0 atom stereocenters. The van der Waals surface area contributed by atoms with Gasteiger partial charge in [0.05, 0.1) is 13.2 Å². The Labute approximate surface area is 206 Å². The first-order valence-electron chi connectivity index (χ1n) is 12.9. The van der Waals surface area contributed by atoms with Gasteiger partial charge in [-0.05, 0) is 37.8 Å². The van der Waals surface area contributed by atoms with Crippen molar-refractivity contribution in [3.63, 3.8) is 0 Å². The minimum absolute atomic E-state index is 0.306. The van der Waals surface area contributed by atoms with Crippen LogP contribution in [-0.2, 0) is 11.2 Å². The van der Waals surface area contributed by atoms with Crippen molar-refractivity contribution < 1.29 is 9.53 Å². The van der Waals surface area contributed by atoms with Crippen LogP contribution in [0.25, 0.3) is 0 Å². The Morgan fingerprint density at radius 2 is 1.68 bits per heavy atom. The normalized spacial score (nSPS) is 20.4. The van der Waals surface area contributed by atoms with Gasteiger partial charge in [0, 0.05) is 71.4 Å². The molecule has 0 spiro atoms. The summed E-state index contributed by atoms with van der Waals surface area (Å²) >= 11 is 0. The maximum atomic E-state index is 11.2. The lowest BCUT2D eigenvalue weighted by molar-refractivity contribution is 0.0315. The summed E-state index contributed by atoms with van der Waals surface area (Å²) in [6.07, 6.45) is 3.91.